The van der Waals surface area contributed by atoms with Gasteiger partial charge in [0.15, 0.2) is 6.29 Å². The van der Waals surface area contributed by atoms with Crippen LogP contribution in [0.2, 0.25) is 0 Å². The fourth-order valence-corrected chi connectivity index (χ4v) is 2.02. The molecule has 2 rings (SSSR count). The number of allylic oxidation sites excluding steroid dienone is 2. The van der Waals surface area contributed by atoms with Crippen molar-refractivity contribution < 1.29 is 9.47 Å². The SMILES string of the molecule is ClC[C@H]1CO[C@@H]([C@H]2CC=CCC2)O1. The van der Waals surface area contributed by atoms with Gasteiger partial charge in [-0.2, -0.15) is 0 Å². The van der Waals surface area contributed by atoms with Gasteiger partial charge in [-0.15, -0.1) is 11.6 Å². The number of ether oxygens (including phenoxy) is 2. The van der Waals surface area contributed by atoms with Crippen LogP contribution in [0, 0.1) is 5.92 Å². The van der Waals surface area contributed by atoms with Crippen molar-refractivity contribution in [2.45, 2.75) is 31.7 Å². The van der Waals surface area contributed by atoms with E-state index in [1.54, 1.807) is 0 Å². The molecule has 0 saturated carbocycles. The zero-order valence-electron chi connectivity index (χ0n) is 7.62. The van der Waals surface area contributed by atoms with Crippen molar-refractivity contribution in [2.75, 3.05) is 12.5 Å². The van der Waals surface area contributed by atoms with Crippen LogP contribution in [0.25, 0.3) is 0 Å². The molecule has 0 aromatic heterocycles. The predicted molar refractivity (Wildman–Crippen MR) is 51.8 cm³/mol. The molecule has 2 nitrogen and oxygen atoms in total. The third-order valence-electron chi connectivity index (χ3n) is 2.64. The fraction of sp³-hybridized carbons (Fsp3) is 0.800. The van der Waals surface area contributed by atoms with E-state index in [0.717, 1.165) is 12.8 Å². The summed E-state index contributed by atoms with van der Waals surface area (Å²) in [5.74, 6) is 1.08. The van der Waals surface area contributed by atoms with E-state index < -0.39 is 0 Å². The van der Waals surface area contributed by atoms with Gasteiger partial charge in [-0.25, -0.2) is 0 Å². The molecule has 0 aromatic rings. The Labute approximate surface area is 83.9 Å². The second-order valence-corrected chi connectivity index (χ2v) is 3.97. The van der Waals surface area contributed by atoms with Gasteiger partial charge in [0.05, 0.1) is 18.6 Å². The minimum atomic E-state index is -0.00583. The zero-order chi connectivity index (χ0) is 9.10. The minimum Gasteiger partial charge on any atom is -0.350 e. The smallest absolute Gasteiger partial charge is 0.161 e. The van der Waals surface area contributed by atoms with Gasteiger partial charge >= 0.3 is 0 Å². The van der Waals surface area contributed by atoms with Crippen molar-refractivity contribution in [3.63, 3.8) is 0 Å². The number of hydrogen-bond acceptors (Lipinski definition) is 2. The molecule has 0 amide bonds. The highest BCUT2D eigenvalue weighted by Crippen LogP contribution is 2.28. The highest BCUT2D eigenvalue weighted by molar-refractivity contribution is 6.18. The van der Waals surface area contributed by atoms with Crippen molar-refractivity contribution in [3.05, 3.63) is 12.2 Å². The lowest BCUT2D eigenvalue weighted by Gasteiger charge is -2.23. The molecule has 1 aliphatic heterocycles. The lowest BCUT2D eigenvalue weighted by Crippen LogP contribution is -2.23. The Hall–Kier alpha value is -0.0500. The molecule has 1 saturated heterocycles. The summed E-state index contributed by atoms with van der Waals surface area (Å²) in [6.45, 7) is 0.661. The van der Waals surface area contributed by atoms with E-state index in [4.69, 9.17) is 21.1 Å². The van der Waals surface area contributed by atoms with E-state index in [-0.39, 0.29) is 12.4 Å². The van der Waals surface area contributed by atoms with Crippen molar-refractivity contribution in [2.24, 2.45) is 5.92 Å². The molecule has 1 heterocycles. The number of rotatable bonds is 2. The van der Waals surface area contributed by atoms with E-state index in [9.17, 15) is 0 Å². The van der Waals surface area contributed by atoms with Crippen LogP contribution in [0.1, 0.15) is 19.3 Å². The van der Waals surface area contributed by atoms with Gasteiger partial charge in [0.25, 0.3) is 0 Å². The molecule has 0 bridgehead atoms. The predicted octanol–water partition coefficient (Wildman–Crippen LogP) is 2.32. The first-order valence-electron chi connectivity index (χ1n) is 4.88. The molecule has 1 fully saturated rings. The third kappa shape index (κ3) is 2.25. The van der Waals surface area contributed by atoms with Crippen LogP contribution in [0.15, 0.2) is 12.2 Å². The van der Waals surface area contributed by atoms with Crippen molar-refractivity contribution in [3.8, 4) is 0 Å². The molecule has 0 aromatic carbocycles. The van der Waals surface area contributed by atoms with Gasteiger partial charge in [-0.1, -0.05) is 12.2 Å². The standard InChI is InChI=1S/C10H15ClO2/c11-6-9-7-12-10(13-9)8-4-2-1-3-5-8/h1-2,8-10H,3-7H2/t8-,9-,10+/m0/s1. The van der Waals surface area contributed by atoms with Crippen molar-refractivity contribution in [1.29, 1.82) is 0 Å². The molecule has 74 valence electrons. The van der Waals surface area contributed by atoms with Gasteiger partial charge in [0.1, 0.15) is 0 Å². The Kier molecular flexibility index (Phi) is 3.25. The number of alkyl halides is 1. The maximum absolute atomic E-state index is 5.69. The normalized spacial score (nSPS) is 39.6. The molecule has 3 heteroatoms. The highest BCUT2D eigenvalue weighted by atomic mass is 35.5. The van der Waals surface area contributed by atoms with Gasteiger partial charge in [-0.3, -0.25) is 0 Å². The summed E-state index contributed by atoms with van der Waals surface area (Å²) >= 11 is 5.69. The maximum atomic E-state index is 5.69. The molecule has 0 spiro atoms. The van der Waals surface area contributed by atoms with E-state index in [0.29, 0.717) is 18.4 Å². The number of halogens is 1. The third-order valence-corrected chi connectivity index (χ3v) is 2.98. The first kappa shape index (κ1) is 9.50. The number of hydrogen-bond donors (Lipinski definition) is 0. The highest BCUT2D eigenvalue weighted by Gasteiger charge is 2.31. The minimum absolute atomic E-state index is 0.00583. The second kappa shape index (κ2) is 4.45. The first-order valence-corrected chi connectivity index (χ1v) is 5.41. The summed E-state index contributed by atoms with van der Waals surface area (Å²) in [6.07, 6.45) is 7.96. The Morgan fingerprint density at radius 1 is 1.38 bits per heavy atom. The summed E-state index contributed by atoms with van der Waals surface area (Å²) in [4.78, 5) is 0. The van der Waals surface area contributed by atoms with Crippen LogP contribution in [0.3, 0.4) is 0 Å². The molecular weight excluding hydrogens is 188 g/mol. The van der Waals surface area contributed by atoms with Gasteiger partial charge in [-0.05, 0) is 19.3 Å². The summed E-state index contributed by atoms with van der Waals surface area (Å²) in [5, 5.41) is 0. The Bertz CT molecular complexity index is 193. The molecular formula is C10H15ClO2. The average molecular weight is 203 g/mol. The molecule has 1 aliphatic carbocycles. The van der Waals surface area contributed by atoms with E-state index in [1.807, 2.05) is 0 Å². The van der Waals surface area contributed by atoms with Crippen molar-refractivity contribution in [1.82, 2.24) is 0 Å². The average Bonchev–Trinajstić information content (AvgIpc) is 2.67. The first-order chi connectivity index (χ1) is 6.40. The molecule has 0 unspecified atom stereocenters. The summed E-state index contributed by atoms with van der Waals surface area (Å²) in [6, 6.07) is 0. The molecule has 3 atom stereocenters. The monoisotopic (exact) mass is 202 g/mol. The fourth-order valence-electron chi connectivity index (χ4n) is 1.86. The van der Waals surface area contributed by atoms with Crippen LogP contribution >= 0.6 is 11.6 Å². The Morgan fingerprint density at radius 2 is 2.31 bits per heavy atom. The van der Waals surface area contributed by atoms with Crippen LogP contribution in [0.5, 0.6) is 0 Å². The van der Waals surface area contributed by atoms with Gasteiger partial charge < -0.3 is 9.47 Å². The van der Waals surface area contributed by atoms with E-state index in [2.05, 4.69) is 12.2 Å². The van der Waals surface area contributed by atoms with E-state index in [1.165, 1.54) is 6.42 Å². The molecule has 13 heavy (non-hydrogen) atoms. The summed E-state index contributed by atoms with van der Waals surface area (Å²) in [7, 11) is 0. The largest absolute Gasteiger partial charge is 0.350 e. The zero-order valence-corrected chi connectivity index (χ0v) is 8.37. The van der Waals surface area contributed by atoms with Crippen LogP contribution in [0.4, 0.5) is 0 Å². The van der Waals surface area contributed by atoms with Crippen LogP contribution in [-0.4, -0.2) is 24.9 Å². The van der Waals surface area contributed by atoms with Crippen molar-refractivity contribution >= 4 is 11.6 Å². The molecule has 0 radical (unpaired) electrons. The van der Waals surface area contributed by atoms with Gasteiger partial charge in [0, 0.05) is 5.92 Å². The second-order valence-electron chi connectivity index (χ2n) is 3.66. The van der Waals surface area contributed by atoms with Gasteiger partial charge in [0.2, 0.25) is 0 Å². The summed E-state index contributed by atoms with van der Waals surface area (Å²) < 4.78 is 11.2. The maximum Gasteiger partial charge on any atom is 0.161 e. The van der Waals surface area contributed by atoms with Crippen LogP contribution in [-0.2, 0) is 9.47 Å². The Morgan fingerprint density at radius 3 is 2.92 bits per heavy atom. The lowest BCUT2D eigenvalue weighted by molar-refractivity contribution is -0.0955. The van der Waals surface area contributed by atoms with Crippen LogP contribution < -0.4 is 0 Å². The lowest BCUT2D eigenvalue weighted by atomic mass is 9.94. The molecule has 0 N–H and O–H groups in total. The van der Waals surface area contributed by atoms with E-state index >= 15 is 0 Å². The Balaban J connectivity index is 1.84. The summed E-state index contributed by atoms with van der Waals surface area (Å²) in [5.41, 5.74) is 0. The molecule has 2 aliphatic rings. The topological polar surface area (TPSA) is 18.5 Å². The quantitative estimate of drug-likeness (QED) is 0.506.